The Labute approximate surface area is 235 Å². The largest absolute Gasteiger partial charge is 0.416 e. The van der Waals surface area contributed by atoms with E-state index in [1.807, 2.05) is 51.1 Å². The van der Waals surface area contributed by atoms with Crippen LogP contribution in [0.1, 0.15) is 36.7 Å². The molecule has 0 unspecified atom stereocenters. The Kier molecular flexibility index (Phi) is 8.69. The van der Waals surface area contributed by atoms with Crippen molar-refractivity contribution in [3.63, 3.8) is 0 Å². The fraction of sp³-hybridized carbons (Fsp3) is 0.167. The third kappa shape index (κ3) is 7.44. The molecule has 5 rings (SSSR count). The van der Waals surface area contributed by atoms with Crippen molar-refractivity contribution in [2.75, 3.05) is 5.32 Å². The minimum Gasteiger partial charge on any atom is -0.340 e. The number of nitrogens with zero attached hydrogens (tertiary/aromatic N) is 3. The summed E-state index contributed by atoms with van der Waals surface area (Å²) >= 11 is 0. The van der Waals surface area contributed by atoms with Gasteiger partial charge in [-0.15, -0.1) is 0 Å². The summed E-state index contributed by atoms with van der Waals surface area (Å²) in [5, 5.41) is 4.19. The van der Waals surface area contributed by atoms with Crippen LogP contribution in [-0.2, 0) is 16.3 Å². The van der Waals surface area contributed by atoms with Gasteiger partial charge in [-0.1, -0.05) is 50.2 Å². The summed E-state index contributed by atoms with van der Waals surface area (Å²) in [6, 6.07) is 22.2. The van der Waals surface area contributed by atoms with Crippen molar-refractivity contribution in [2.24, 2.45) is 0 Å². The molecule has 0 saturated carbocycles. The number of rotatable bonds is 5. The summed E-state index contributed by atoms with van der Waals surface area (Å²) in [4.78, 5) is 13.7. The predicted molar refractivity (Wildman–Crippen MR) is 153 cm³/mol. The first kappa shape index (κ1) is 29.6. The zero-order valence-corrected chi connectivity index (χ0v) is 23.2. The first-order valence-corrected chi connectivity index (χ1v) is 14.0. The maximum absolute atomic E-state index is 12.9. The standard InChI is InChI=1S/C24H21F3N4.C6H6O3S/c1-14(2)22-30-21(17-7-6-16-5-4-12-28-20(16)13-17)15(3)23(31-22)29-19-10-8-18(9-11-19)24(25,26)27;7-10(8,9)6-4-2-1-3-5-6/h4-14H,1-3H3,(H,29,30,31);1-5H,(H,7,8,9). The third-order valence-electron chi connectivity index (χ3n) is 6.07. The Morgan fingerprint density at radius 2 is 1.56 bits per heavy atom. The molecule has 3 aromatic carbocycles. The van der Waals surface area contributed by atoms with Gasteiger partial charge in [0.2, 0.25) is 0 Å². The number of hydrogen-bond acceptors (Lipinski definition) is 6. The highest BCUT2D eigenvalue weighted by Crippen LogP contribution is 2.33. The van der Waals surface area contributed by atoms with Gasteiger partial charge < -0.3 is 5.32 Å². The maximum Gasteiger partial charge on any atom is 0.416 e. The van der Waals surface area contributed by atoms with E-state index in [0.29, 0.717) is 17.3 Å². The Hall–Kier alpha value is -4.35. The zero-order valence-electron chi connectivity index (χ0n) is 22.4. The zero-order chi connectivity index (χ0) is 29.8. The lowest BCUT2D eigenvalue weighted by Gasteiger charge is -2.16. The molecule has 0 radical (unpaired) electrons. The number of anilines is 2. The molecule has 0 atom stereocenters. The van der Waals surface area contributed by atoms with Gasteiger partial charge in [0.1, 0.15) is 11.6 Å². The minimum absolute atomic E-state index is 0.0741. The second-order valence-corrected chi connectivity index (χ2v) is 10.9. The molecule has 11 heteroatoms. The Morgan fingerprint density at radius 1 is 0.878 bits per heavy atom. The summed E-state index contributed by atoms with van der Waals surface area (Å²) in [5.41, 5.74) is 3.17. The fourth-order valence-electron chi connectivity index (χ4n) is 3.88. The van der Waals surface area contributed by atoms with Crippen LogP contribution in [0, 0.1) is 6.92 Å². The molecule has 0 aliphatic rings. The Balaban J connectivity index is 0.000000328. The molecular weight excluding hydrogens is 553 g/mol. The van der Waals surface area contributed by atoms with E-state index < -0.39 is 21.9 Å². The van der Waals surface area contributed by atoms with E-state index in [1.54, 1.807) is 24.4 Å². The van der Waals surface area contributed by atoms with Gasteiger partial charge in [0.25, 0.3) is 10.1 Å². The number of aromatic nitrogens is 3. The van der Waals surface area contributed by atoms with Crippen molar-refractivity contribution in [3.05, 3.63) is 108 Å². The van der Waals surface area contributed by atoms with Crippen LogP contribution in [0.15, 0.2) is 96.0 Å². The normalized spacial score (nSPS) is 11.7. The maximum atomic E-state index is 12.9. The fourth-order valence-corrected chi connectivity index (χ4v) is 4.38. The highest BCUT2D eigenvalue weighted by atomic mass is 32.2. The van der Waals surface area contributed by atoms with Gasteiger partial charge in [-0.25, -0.2) is 9.97 Å². The first-order chi connectivity index (χ1) is 19.3. The summed E-state index contributed by atoms with van der Waals surface area (Å²) in [7, 11) is -4.00. The van der Waals surface area contributed by atoms with Crippen LogP contribution in [0.2, 0.25) is 0 Å². The molecule has 0 saturated heterocycles. The van der Waals surface area contributed by atoms with E-state index in [0.717, 1.165) is 39.9 Å². The average Bonchev–Trinajstić information content (AvgIpc) is 2.94. The van der Waals surface area contributed by atoms with Crippen LogP contribution >= 0.6 is 0 Å². The molecule has 212 valence electrons. The number of hydrogen-bond donors (Lipinski definition) is 2. The predicted octanol–water partition coefficient (Wildman–Crippen LogP) is 7.82. The van der Waals surface area contributed by atoms with Gasteiger partial charge >= 0.3 is 6.18 Å². The molecule has 0 amide bonds. The molecule has 0 fully saturated rings. The topological polar surface area (TPSA) is 105 Å². The quantitative estimate of drug-likeness (QED) is 0.204. The van der Waals surface area contributed by atoms with E-state index in [-0.39, 0.29) is 10.8 Å². The molecule has 41 heavy (non-hydrogen) atoms. The van der Waals surface area contributed by atoms with Crippen molar-refractivity contribution in [1.82, 2.24) is 15.0 Å². The summed E-state index contributed by atoms with van der Waals surface area (Å²) in [5.74, 6) is 1.29. The molecule has 7 nitrogen and oxygen atoms in total. The van der Waals surface area contributed by atoms with E-state index in [4.69, 9.17) is 9.54 Å². The van der Waals surface area contributed by atoms with Crippen LogP contribution in [-0.4, -0.2) is 27.9 Å². The van der Waals surface area contributed by atoms with Gasteiger partial charge in [-0.3, -0.25) is 9.54 Å². The summed E-state index contributed by atoms with van der Waals surface area (Å²) in [6.45, 7) is 5.89. The van der Waals surface area contributed by atoms with Crippen LogP contribution in [0.5, 0.6) is 0 Å². The molecule has 5 aromatic rings. The van der Waals surface area contributed by atoms with Gasteiger partial charge in [0, 0.05) is 34.3 Å². The average molecular weight is 581 g/mol. The van der Waals surface area contributed by atoms with Crippen LogP contribution in [0.25, 0.3) is 22.2 Å². The smallest absolute Gasteiger partial charge is 0.340 e. The summed E-state index contributed by atoms with van der Waals surface area (Å²) < 4.78 is 67.8. The SMILES string of the molecule is Cc1c(Nc2ccc(C(F)(F)F)cc2)nc(C(C)C)nc1-c1ccc2cccnc2c1.O=S(=O)(O)c1ccccc1. The molecule has 2 N–H and O–H groups in total. The number of nitrogens with one attached hydrogen (secondary N) is 1. The van der Waals surface area contributed by atoms with E-state index in [9.17, 15) is 21.6 Å². The molecule has 2 aromatic heterocycles. The molecule has 2 heterocycles. The van der Waals surface area contributed by atoms with Gasteiger partial charge in [0.15, 0.2) is 0 Å². The van der Waals surface area contributed by atoms with Crippen molar-refractivity contribution in [3.8, 4) is 11.3 Å². The van der Waals surface area contributed by atoms with Crippen LogP contribution < -0.4 is 5.32 Å². The van der Waals surface area contributed by atoms with Crippen molar-refractivity contribution < 1.29 is 26.1 Å². The lowest BCUT2D eigenvalue weighted by atomic mass is 10.0. The van der Waals surface area contributed by atoms with E-state index in [2.05, 4.69) is 15.3 Å². The Bertz CT molecular complexity index is 1760. The number of pyridine rings is 1. The molecule has 0 spiro atoms. The van der Waals surface area contributed by atoms with Crippen LogP contribution in [0.4, 0.5) is 24.7 Å². The van der Waals surface area contributed by atoms with E-state index >= 15 is 0 Å². The molecular formula is C30H27F3N4O3S. The number of halogens is 3. The first-order valence-electron chi connectivity index (χ1n) is 12.5. The van der Waals surface area contributed by atoms with Gasteiger partial charge in [-0.05, 0) is 55.5 Å². The van der Waals surface area contributed by atoms with Gasteiger partial charge in [-0.2, -0.15) is 21.6 Å². The lowest BCUT2D eigenvalue weighted by Crippen LogP contribution is -2.07. The second-order valence-electron chi connectivity index (χ2n) is 9.46. The molecule has 0 bridgehead atoms. The monoisotopic (exact) mass is 580 g/mol. The van der Waals surface area contributed by atoms with Crippen molar-refractivity contribution in [2.45, 2.75) is 37.8 Å². The highest BCUT2D eigenvalue weighted by Gasteiger charge is 2.30. The van der Waals surface area contributed by atoms with Crippen molar-refractivity contribution >= 4 is 32.5 Å². The van der Waals surface area contributed by atoms with Crippen LogP contribution in [0.3, 0.4) is 0 Å². The lowest BCUT2D eigenvalue weighted by molar-refractivity contribution is -0.137. The van der Waals surface area contributed by atoms with E-state index in [1.165, 1.54) is 24.3 Å². The van der Waals surface area contributed by atoms with Gasteiger partial charge in [0.05, 0.1) is 21.7 Å². The second kappa shape index (κ2) is 12.0. The number of benzene rings is 3. The number of alkyl halides is 3. The van der Waals surface area contributed by atoms with Crippen molar-refractivity contribution in [1.29, 1.82) is 0 Å². The molecule has 0 aliphatic heterocycles. The number of fused-ring (bicyclic) bond motifs is 1. The molecule has 0 aliphatic carbocycles. The third-order valence-corrected chi connectivity index (χ3v) is 6.94. The summed E-state index contributed by atoms with van der Waals surface area (Å²) in [6.07, 6.45) is -2.62. The highest BCUT2D eigenvalue weighted by molar-refractivity contribution is 7.85. The Morgan fingerprint density at radius 3 is 2.15 bits per heavy atom. The minimum atomic E-state index is -4.37.